The molecule has 3 aromatic rings. The third kappa shape index (κ3) is 7.00. The van der Waals surface area contributed by atoms with E-state index in [4.69, 9.17) is 39.5 Å². The van der Waals surface area contributed by atoms with Crippen LogP contribution in [0.25, 0.3) is 6.08 Å². The van der Waals surface area contributed by atoms with E-state index in [2.05, 4.69) is 10.6 Å². The molecular formula is C25H18Cl3N3O3. The average molecular weight is 515 g/mol. The van der Waals surface area contributed by atoms with Gasteiger partial charge in [-0.2, -0.15) is 5.26 Å². The molecule has 2 amide bonds. The highest BCUT2D eigenvalue weighted by Gasteiger charge is 2.12. The van der Waals surface area contributed by atoms with Crippen molar-refractivity contribution >= 4 is 64.1 Å². The molecule has 3 rings (SSSR count). The summed E-state index contributed by atoms with van der Waals surface area (Å²) in [6.07, 6.45) is 1.40. The van der Waals surface area contributed by atoms with Gasteiger partial charge in [-0.25, -0.2) is 0 Å². The van der Waals surface area contributed by atoms with E-state index in [-0.39, 0.29) is 28.9 Å². The number of carbonyl (C=O) groups excluding carboxylic acids is 2. The number of carbonyl (C=O) groups is 2. The lowest BCUT2D eigenvalue weighted by atomic mass is 10.1. The number of rotatable bonds is 7. The third-order valence-electron chi connectivity index (χ3n) is 4.55. The van der Waals surface area contributed by atoms with Crippen molar-refractivity contribution in [3.05, 3.63) is 92.4 Å². The van der Waals surface area contributed by atoms with Crippen LogP contribution in [0.15, 0.2) is 66.2 Å². The minimum absolute atomic E-state index is 0.115. The van der Waals surface area contributed by atoms with Gasteiger partial charge >= 0.3 is 0 Å². The van der Waals surface area contributed by atoms with Gasteiger partial charge < -0.3 is 15.4 Å². The number of hydrogen-bond acceptors (Lipinski definition) is 4. The molecule has 34 heavy (non-hydrogen) atoms. The smallest absolute Gasteiger partial charge is 0.266 e. The van der Waals surface area contributed by atoms with E-state index in [9.17, 15) is 14.9 Å². The monoisotopic (exact) mass is 513 g/mol. The Labute approximate surface area is 211 Å². The summed E-state index contributed by atoms with van der Waals surface area (Å²) >= 11 is 18.2. The van der Waals surface area contributed by atoms with Crippen molar-refractivity contribution < 1.29 is 14.3 Å². The van der Waals surface area contributed by atoms with Gasteiger partial charge in [-0.05, 0) is 72.7 Å². The SMILES string of the molecule is Cc1ccc(NC(=O)COc2ccc(/C=C(/C#N)C(=O)Nc3ccc(Cl)cc3)cc2Cl)cc1Cl. The average Bonchev–Trinajstić information content (AvgIpc) is 2.80. The van der Waals surface area contributed by atoms with Crippen LogP contribution in [0.2, 0.25) is 15.1 Å². The third-order valence-corrected chi connectivity index (χ3v) is 5.50. The second-order valence-electron chi connectivity index (χ2n) is 7.12. The topological polar surface area (TPSA) is 91.2 Å². The molecule has 0 aliphatic carbocycles. The lowest BCUT2D eigenvalue weighted by molar-refractivity contribution is -0.118. The second kappa shape index (κ2) is 11.6. The van der Waals surface area contributed by atoms with Crippen molar-refractivity contribution in [2.45, 2.75) is 6.92 Å². The molecule has 0 unspecified atom stereocenters. The molecule has 0 spiro atoms. The molecule has 172 valence electrons. The van der Waals surface area contributed by atoms with Crippen LogP contribution in [-0.4, -0.2) is 18.4 Å². The largest absolute Gasteiger partial charge is 0.482 e. The summed E-state index contributed by atoms with van der Waals surface area (Å²) in [5, 5.41) is 16.0. The van der Waals surface area contributed by atoms with E-state index < -0.39 is 5.91 Å². The van der Waals surface area contributed by atoms with Crippen LogP contribution in [0.3, 0.4) is 0 Å². The van der Waals surface area contributed by atoms with E-state index in [1.54, 1.807) is 54.6 Å². The Morgan fingerprint density at radius 3 is 2.29 bits per heavy atom. The molecule has 0 heterocycles. The standard InChI is InChI=1S/C25H18Cl3N3O3/c1-15-2-6-20(12-21(15)27)30-24(32)14-34-23-9-3-16(11-22(23)28)10-17(13-29)25(33)31-19-7-4-18(26)5-8-19/h2-12H,14H2,1H3,(H,30,32)(H,31,33)/b17-10-. The highest BCUT2D eigenvalue weighted by molar-refractivity contribution is 6.32. The number of amides is 2. The summed E-state index contributed by atoms with van der Waals surface area (Å²) in [4.78, 5) is 24.6. The molecule has 9 heteroatoms. The van der Waals surface area contributed by atoms with Gasteiger partial charge in [0.15, 0.2) is 6.61 Å². The van der Waals surface area contributed by atoms with Crippen molar-refractivity contribution in [2.75, 3.05) is 17.2 Å². The van der Waals surface area contributed by atoms with Gasteiger partial charge in [0, 0.05) is 21.4 Å². The van der Waals surface area contributed by atoms with Crippen molar-refractivity contribution in [2.24, 2.45) is 0 Å². The predicted molar refractivity (Wildman–Crippen MR) is 135 cm³/mol. The Morgan fingerprint density at radius 2 is 1.65 bits per heavy atom. The van der Waals surface area contributed by atoms with Gasteiger partial charge in [-0.1, -0.05) is 46.9 Å². The Balaban J connectivity index is 1.62. The molecule has 0 bridgehead atoms. The number of aryl methyl sites for hydroxylation is 1. The number of ether oxygens (including phenoxy) is 1. The molecule has 2 N–H and O–H groups in total. The number of nitrogens with zero attached hydrogens (tertiary/aromatic N) is 1. The first kappa shape index (κ1) is 25.1. The fraction of sp³-hybridized carbons (Fsp3) is 0.0800. The number of nitrogens with one attached hydrogen (secondary N) is 2. The Hall–Kier alpha value is -3.50. The van der Waals surface area contributed by atoms with Gasteiger partial charge in [0.2, 0.25) is 0 Å². The van der Waals surface area contributed by atoms with Crippen molar-refractivity contribution in [3.63, 3.8) is 0 Å². The normalized spacial score (nSPS) is 10.9. The van der Waals surface area contributed by atoms with E-state index in [0.29, 0.717) is 27.0 Å². The van der Waals surface area contributed by atoms with Gasteiger partial charge in [-0.15, -0.1) is 0 Å². The van der Waals surface area contributed by atoms with Crippen LogP contribution in [0.5, 0.6) is 5.75 Å². The molecule has 0 aromatic heterocycles. The van der Waals surface area contributed by atoms with Crippen LogP contribution < -0.4 is 15.4 Å². The zero-order valence-corrected chi connectivity index (χ0v) is 20.1. The van der Waals surface area contributed by atoms with Crippen molar-refractivity contribution in [1.29, 1.82) is 5.26 Å². The molecule has 0 atom stereocenters. The number of nitriles is 1. The maximum absolute atomic E-state index is 12.4. The molecule has 6 nitrogen and oxygen atoms in total. The molecule has 0 aliphatic heterocycles. The second-order valence-corrected chi connectivity index (χ2v) is 8.37. The fourth-order valence-electron chi connectivity index (χ4n) is 2.78. The minimum atomic E-state index is -0.575. The van der Waals surface area contributed by atoms with Crippen LogP contribution >= 0.6 is 34.8 Å². The van der Waals surface area contributed by atoms with E-state index >= 15 is 0 Å². The van der Waals surface area contributed by atoms with Crippen LogP contribution in [0.1, 0.15) is 11.1 Å². The first-order chi connectivity index (χ1) is 16.2. The van der Waals surface area contributed by atoms with Crippen molar-refractivity contribution in [3.8, 4) is 11.8 Å². The fourth-order valence-corrected chi connectivity index (χ4v) is 3.33. The maximum atomic E-state index is 12.4. The summed E-state index contributed by atoms with van der Waals surface area (Å²) < 4.78 is 5.49. The number of halogens is 3. The number of hydrogen-bond donors (Lipinski definition) is 2. The van der Waals surface area contributed by atoms with Crippen LogP contribution in [0.4, 0.5) is 11.4 Å². The van der Waals surface area contributed by atoms with Gasteiger partial charge in [-0.3, -0.25) is 9.59 Å². The molecule has 0 saturated heterocycles. The highest BCUT2D eigenvalue weighted by Crippen LogP contribution is 2.27. The predicted octanol–water partition coefficient (Wildman–Crippen LogP) is 6.52. The van der Waals surface area contributed by atoms with E-state index in [1.165, 1.54) is 12.1 Å². The Morgan fingerprint density at radius 1 is 0.941 bits per heavy atom. The lowest BCUT2D eigenvalue weighted by Crippen LogP contribution is -2.20. The molecule has 0 radical (unpaired) electrons. The van der Waals surface area contributed by atoms with E-state index in [1.807, 2.05) is 13.0 Å². The number of benzene rings is 3. The van der Waals surface area contributed by atoms with E-state index in [0.717, 1.165) is 5.56 Å². The highest BCUT2D eigenvalue weighted by atomic mass is 35.5. The van der Waals surface area contributed by atoms with Gasteiger partial charge in [0.25, 0.3) is 11.8 Å². The summed E-state index contributed by atoms with van der Waals surface area (Å²) in [6.45, 7) is 1.59. The summed E-state index contributed by atoms with van der Waals surface area (Å²) in [5.41, 5.74) is 2.36. The summed E-state index contributed by atoms with van der Waals surface area (Å²) in [7, 11) is 0. The summed E-state index contributed by atoms with van der Waals surface area (Å²) in [6, 6.07) is 18.3. The minimum Gasteiger partial charge on any atom is -0.482 e. The maximum Gasteiger partial charge on any atom is 0.266 e. The molecule has 0 fully saturated rings. The zero-order chi connectivity index (χ0) is 24.7. The molecule has 0 saturated carbocycles. The quantitative estimate of drug-likeness (QED) is 0.277. The molecular weight excluding hydrogens is 497 g/mol. The van der Waals surface area contributed by atoms with Crippen LogP contribution in [0, 0.1) is 18.3 Å². The number of anilines is 2. The van der Waals surface area contributed by atoms with Crippen LogP contribution in [-0.2, 0) is 9.59 Å². The first-order valence-corrected chi connectivity index (χ1v) is 11.1. The Kier molecular flexibility index (Phi) is 8.55. The molecule has 0 aliphatic rings. The molecule has 3 aromatic carbocycles. The Bertz CT molecular complexity index is 1300. The van der Waals surface area contributed by atoms with Gasteiger partial charge in [0.1, 0.15) is 17.4 Å². The lowest BCUT2D eigenvalue weighted by Gasteiger charge is -2.10. The van der Waals surface area contributed by atoms with Gasteiger partial charge in [0.05, 0.1) is 5.02 Å². The van der Waals surface area contributed by atoms with Crippen molar-refractivity contribution in [1.82, 2.24) is 0 Å². The first-order valence-electron chi connectivity index (χ1n) is 9.92. The zero-order valence-electron chi connectivity index (χ0n) is 17.9. The summed E-state index contributed by atoms with van der Waals surface area (Å²) in [5.74, 6) is -0.681.